The highest BCUT2D eigenvalue weighted by atomic mass is 32.2. The SMILES string of the molecule is CCCC(OC(CCC)C(C)(CC)S(N)(=O)=O)C(C)(C)C(C)S(N)(=O)=O. The van der Waals surface area contributed by atoms with Gasteiger partial charge >= 0.3 is 0 Å². The molecule has 0 saturated carbocycles. The van der Waals surface area contributed by atoms with Crippen molar-refractivity contribution in [3.05, 3.63) is 0 Å². The Balaban J connectivity index is 6.01. The third-order valence-electron chi connectivity index (χ3n) is 5.83. The van der Waals surface area contributed by atoms with Gasteiger partial charge in [-0.05, 0) is 33.1 Å². The van der Waals surface area contributed by atoms with Gasteiger partial charge in [0.2, 0.25) is 20.0 Å². The number of hydrogen-bond acceptors (Lipinski definition) is 5. The van der Waals surface area contributed by atoms with Crippen LogP contribution in [0.2, 0.25) is 0 Å². The van der Waals surface area contributed by atoms with Crippen molar-refractivity contribution in [2.75, 3.05) is 0 Å². The van der Waals surface area contributed by atoms with Gasteiger partial charge in [-0.2, -0.15) is 0 Å². The van der Waals surface area contributed by atoms with Crippen LogP contribution in [-0.4, -0.2) is 39.0 Å². The van der Waals surface area contributed by atoms with Crippen molar-refractivity contribution in [1.29, 1.82) is 0 Å². The monoisotopic (exact) mass is 414 g/mol. The molecule has 0 spiro atoms. The van der Waals surface area contributed by atoms with Gasteiger partial charge in [-0.25, -0.2) is 27.1 Å². The number of sulfonamides is 2. The van der Waals surface area contributed by atoms with E-state index in [-0.39, 0.29) is 0 Å². The van der Waals surface area contributed by atoms with E-state index < -0.39 is 47.7 Å². The lowest BCUT2D eigenvalue weighted by molar-refractivity contribution is -0.0926. The van der Waals surface area contributed by atoms with Gasteiger partial charge in [-0.15, -0.1) is 0 Å². The number of ether oxygens (including phenoxy) is 1. The highest BCUT2D eigenvalue weighted by Crippen LogP contribution is 2.38. The lowest BCUT2D eigenvalue weighted by Gasteiger charge is -2.43. The Kier molecular flexibility index (Phi) is 9.24. The quantitative estimate of drug-likeness (QED) is 0.507. The molecule has 0 fully saturated rings. The Hall–Kier alpha value is -0.220. The third kappa shape index (κ3) is 5.89. The Morgan fingerprint density at radius 2 is 1.31 bits per heavy atom. The minimum absolute atomic E-state index is 0.306. The summed E-state index contributed by atoms with van der Waals surface area (Å²) in [5.74, 6) is 0. The molecule has 158 valence electrons. The molecular weight excluding hydrogens is 376 g/mol. The van der Waals surface area contributed by atoms with Crippen LogP contribution >= 0.6 is 0 Å². The van der Waals surface area contributed by atoms with Crippen LogP contribution in [0.15, 0.2) is 0 Å². The fraction of sp³-hybridized carbons (Fsp3) is 1.00. The van der Waals surface area contributed by atoms with Crippen molar-refractivity contribution in [3.63, 3.8) is 0 Å². The summed E-state index contributed by atoms with van der Waals surface area (Å²) in [5.41, 5.74) is -0.789. The van der Waals surface area contributed by atoms with Crippen molar-refractivity contribution >= 4 is 20.0 Å². The normalized spacial score (nSPS) is 19.6. The predicted molar refractivity (Wildman–Crippen MR) is 107 cm³/mol. The van der Waals surface area contributed by atoms with Crippen molar-refractivity contribution < 1.29 is 21.6 Å². The highest BCUT2D eigenvalue weighted by molar-refractivity contribution is 7.90. The van der Waals surface area contributed by atoms with E-state index in [0.29, 0.717) is 19.3 Å². The number of rotatable bonds is 12. The second kappa shape index (κ2) is 9.32. The summed E-state index contributed by atoms with van der Waals surface area (Å²) in [5, 5.41) is 10.1. The van der Waals surface area contributed by atoms with E-state index in [9.17, 15) is 16.8 Å². The maximum absolute atomic E-state index is 12.3. The molecule has 4 unspecified atom stereocenters. The summed E-state index contributed by atoms with van der Waals surface area (Å²) in [6.07, 6.45) is 1.81. The molecule has 0 aliphatic heterocycles. The molecule has 26 heavy (non-hydrogen) atoms. The number of nitrogens with two attached hydrogens (primary N) is 2. The molecule has 0 aromatic carbocycles. The van der Waals surface area contributed by atoms with Crippen LogP contribution in [0.25, 0.3) is 0 Å². The first-order valence-corrected chi connectivity index (χ1v) is 12.4. The molecule has 0 bridgehead atoms. The van der Waals surface area contributed by atoms with E-state index in [1.165, 1.54) is 0 Å². The first-order valence-electron chi connectivity index (χ1n) is 9.28. The summed E-state index contributed by atoms with van der Waals surface area (Å²) in [4.78, 5) is 0. The lowest BCUT2D eigenvalue weighted by Crippen LogP contribution is -2.55. The maximum Gasteiger partial charge on any atom is 0.217 e. The maximum atomic E-state index is 12.3. The van der Waals surface area contributed by atoms with Crippen LogP contribution in [0.5, 0.6) is 0 Å². The first kappa shape index (κ1) is 25.8. The van der Waals surface area contributed by atoms with Crippen LogP contribution < -0.4 is 10.3 Å². The molecule has 9 heteroatoms. The van der Waals surface area contributed by atoms with Crippen molar-refractivity contribution in [2.24, 2.45) is 15.7 Å². The largest absolute Gasteiger partial charge is 0.373 e. The fourth-order valence-corrected chi connectivity index (χ4v) is 5.09. The molecule has 0 aliphatic rings. The molecule has 0 rings (SSSR count). The molecule has 0 saturated heterocycles. The zero-order valence-electron chi connectivity index (χ0n) is 17.3. The number of primary sulfonamides is 2. The molecule has 0 aromatic heterocycles. The second-order valence-corrected chi connectivity index (χ2v) is 11.9. The van der Waals surface area contributed by atoms with Gasteiger partial charge in [0.1, 0.15) is 4.75 Å². The summed E-state index contributed by atoms with van der Waals surface area (Å²) >= 11 is 0. The van der Waals surface area contributed by atoms with E-state index in [4.69, 9.17) is 15.0 Å². The summed E-state index contributed by atoms with van der Waals surface area (Å²) in [6.45, 7) is 12.4. The summed E-state index contributed by atoms with van der Waals surface area (Å²) < 4.78 is 53.4. The minimum Gasteiger partial charge on any atom is -0.373 e. The standard InChI is InChI=1S/C17H38N2O5S2/c1-8-11-14(16(5,6)13(4)25(18,20)21)24-15(12-9-2)17(7,10-3)26(19,22)23/h13-15H,8-12H2,1-7H3,(H2,18,20,21)(H2,19,22,23). The zero-order valence-corrected chi connectivity index (χ0v) is 18.9. The Labute approximate surface area is 160 Å². The molecule has 0 amide bonds. The zero-order chi connectivity index (χ0) is 21.0. The molecule has 0 aliphatic carbocycles. The third-order valence-corrected chi connectivity index (χ3v) is 9.28. The average molecular weight is 415 g/mol. The van der Waals surface area contributed by atoms with Gasteiger partial charge in [0.15, 0.2) is 0 Å². The van der Waals surface area contributed by atoms with E-state index in [1.807, 2.05) is 13.8 Å². The van der Waals surface area contributed by atoms with E-state index in [2.05, 4.69) is 0 Å². The van der Waals surface area contributed by atoms with Gasteiger partial charge in [-0.3, -0.25) is 0 Å². The average Bonchev–Trinajstić information content (AvgIpc) is 2.50. The van der Waals surface area contributed by atoms with Crippen LogP contribution in [-0.2, 0) is 24.8 Å². The van der Waals surface area contributed by atoms with Crippen molar-refractivity contribution in [2.45, 2.75) is 103 Å². The summed E-state index contributed by atoms with van der Waals surface area (Å²) in [7, 11) is -7.62. The lowest BCUT2D eigenvalue weighted by atomic mass is 9.80. The smallest absolute Gasteiger partial charge is 0.217 e. The molecule has 7 nitrogen and oxygen atoms in total. The van der Waals surface area contributed by atoms with Crippen LogP contribution in [0.3, 0.4) is 0 Å². The van der Waals surface area contributed by atoms with Gasteiger partial charge in [0, 0.05) is 5.41 Å². The molecular formula is C17H38N2O5S2. The van der Waals surface area contributed by atoms with Gasteiger partial charge in [0.25, 0.3) is 0 Å². The molecule has 0 radical (unpaired) electrons. The van der Waals surface area contributed by atoms with Crippen molar-refractivity contribution in [3.8, 4) is 0 Å². The van der Waals surface area contributed by atoms with Crippen LogP contribution in [0.1, 0.15) is 80.6 Å². The Morgan fingerprint density at radius 1 is 0.885 bits per heavy atom. The van der Waals surface area contributed by atoms with E-state index in [1.54, 1.807) is 34.6 Å². The molecule has 0 heterocycles. The predicted octanol–water partition coefficient (Wildman–Crippen LogP) is 2.50. The van der Waals surface area contributed by atoms with Crippen LogP contribution in [0, 0.1) is 5.41 Å². The second-order valence-electron chi connectivity index (χ2n) is 7.95. The van der Waals surface area contributed by atoms with E-state index in [0.717, 1.165) is 12.8 Å². The van der Waals surface area contributed by atoms with Gasteiger partial charge in [-0.1, -0.05) is 47.5 Å². The summed E-state index contributed by atoms with van der Waals surface area (Å²) in [6, 6.07) is 0. The highest BCUT2D eigenvalue weighted by Gasteiger charge is 2.47. The number of hydrogen-bond donors (Lipinski definition) is 2. The first-order chi connectivity index (χ1) is 11.6. The topological polar surface area (TPSA) is 130 Å². The van der Waals surface area contributed by atoms with E-state index >= 15 is 0 Å². The van der Waals surface area contributed by atoms with Crippen molar-refractivity contribution in [1.82, 2.24) is 0 Å². The molecule has 0 aromatic rings. The fourth-order valence-electron chi connectivity index (χ4n) is 3.15. The van der Waals surface area contributed by atoms with Gasteiger partial charge in [0.05, 0.1) is 17.5 Å². The molecule has 4 N–H and O–H groups in total. The Morgan fingerprint density at radius 3 is 1.62 bits per heavy atom. The Bertz CT molecular complexity index is 646. The van der Waals surface area contributed by atoms with Crippen LogP contribution in [0.4, 0.5) is 0 Å². The van der Waals surface area contributed by atoms with Gasteiger partial charge < -0.3 is 4.74 Å². The molecule has 4 atom stereocenters. The minimum atomic E-state index is -3.86.